The lowest BCUT2D eigenvalue weighted by Gasteiger charge is -2.16. The Kier molecular flexibility index (Phi) is 4.21. The minimum absolute atomic E-state index is 0.805. The molecule has 10 aromatic rings. The summed E-state index contributed by atoms with van der Waals surface area (Å²) in [6.45, 7) is 0. The van der Waals surface area contributed by atoms with E-state index in [1.54, 1.807) is 0 Å². The second-order valence-corrected chi connectivity index (χ2v) is 11.2. The van der Waals surface area contributed by atoms with Crippen molar-refractivity contribution in [2.24, 2.45) is 0 Å². The van der Waals surface area contributed by atoms with Crippen molar-refractivity contribution in [3.63, 3.8) is 0 Å². The summed E-state index contributed by atoms with van der Waals surface area (Å²) in [5.74, 6) is 0. The van der Waals surface area contributed by atoms with Gasteiger partial charge in [-0.05, 0) is 84.9 Å². The second-order valence-electron chi connectivity index (χ2n) is 11.2. The normalized spacial score (nSPS) is 12.3. The van der Waals surface area contributed by atoms with Gasteiger partial charge >= 0.3 is 0 Å². The van der Waals surface area contributed by atoms with Crippen LogP contribution >= 0.6 is 0 Å². The summed E-state index contributed by atoms with van der Waals surface area (Å²) >= 11 is 0. The predicted octanol–water partition coefficient (Wildman–Crippen LogP) is 11.7. The Balaban J connectivity index is 1.22. The number of furan rings is 2. The Hall–Kier alpha value is -5.60. The van der Waals surface area contributed by atoms with E-state index in [9.17, 15) is 0 Å². The van der Waals surface area contributed by atoms with Crippen LogP contribution in [0.1, 0.15) is 0 Å². The van der Waals surface area contributed by atoms with Gasteiger partial charge in [-0.25, -0.2) is 0 Å². The molecule has 2 heteroatoms. The van der Waals surface area contributed by atoms with Crippen LogP contribution in [0.15, 0.2) is 142 Å². The highest BCUT2D eigenvalue weighted by Crippen LogP contribution is 2.44. The molecule has 0 bridgehead atoms. The number of rotatable bonds is 2. The van der Waals surface area contributed by atoms with Gasteiger partial charge < -0.3 is 8.83 Å². The van der Waals surface area contributed by atoms with Crippen LogP contribution in [-0.2, 0) is 0 Å². The zero-order chi connectivity index (χ0) is 27.4. The van der Waals surface area contributed by atoms with Gasteiger partial charge in [0.05, 0.1) is 0 Å². The van der Waals surface area contributed by atoms with Crippen molar-refractivity contribution in [2.45, 2.75) is 0 Å². The maximum Gasteiger partial charge on any atom is 0.178 e. The van der Waals surface area contributed by atoms with Gasteiger partial charge in [0.2, 0.25) is 0 Å². The van der Waals surface area contributed by atoms with Crippen molar-refractivity contribution >= 4 is 76.2 Å². The first-order chi connectivity index (χ1) is 20.8. The number of hydrogen-bond acceptors (Lipinski definition) is 2. The number of para-hydroxylation sites is 1. The third-order valence-corrected chi connectivity index (χ3v) is 9.05. The molecule has 0 radical (unpaired) electrons. The van der Waals surface area contributed by atoms with Crippen LogP contribution in [0.2, 0.25) is 0 Å². The van der Waals surface area contributed by atoms with E-state index in [-0.39, 0.29) is 0 Å². The van der Waals surface area contributed by atoms with Crippen molar-refractivity contribution in [2.75, 3.05) is 0 Å². The van der Waals surface area contributed by atoms with Gasteiger partial charge in [0.25, 0.3) is 0 Å². The maximum absolute atomic E-state index is 6.55. The fourth-order valence-corrected chi connectivity index (χ4v) is 7.11. The molecule has 0 N–H and O–H groups in total. The van der Waals surface area contributed by atoms with Crippen LogP contribution < -0.4 is 0 Å². The molecule has 0 saturated heterocycles. The smallest absolute Gasteiger partial charge is 0.178 e. The van der Waals surface area contributed by atoms with Crippen LogP contribution in [0.5, 0.6) is 0 Å². The Bertz CT molecular complexity index is 2670. The molecule has 8 aromatic carbocycles. The second kappa shape index (κ2) is 7.99. The van der Waals surface area contributed by atoms with Crippen LogP contribution in [0.25, 0.3) is 98.4 Å². The standard InChI is InChI=1S/C40H22O2/c1-2-6-23(7-3-1)27-15-10-24-13-19-32-28(16-11-25-12-18-31(27)37(24)38(25)32)26-14-17-30-34-21-20-33-29-8-4-5-9-35(29)41-39(33)40(34)42-36(30)22-26/h1-22H. The molecule has 0 unspecified atom stereocenters. The lowest BCUT2D eigenvalue weighted by Crippen LogP contribution is -1.89. The van der Waals surface area contributed by atoms with E-state index in [1.165, 1.54) is 49.0 Å². The molecule has 0 aliphatic carbocycles. The molecule has 0 saturated carbocycles. The molecule has 0 atom stereocenters. The number of fused-ring (bicyclic) bond motifs is 7. The summed E-state index contributed by atoms with van der Waals surface area (Å²) in [5, 5.41) is 12.1. The Morgan fingerprint density at radius 3 is 1.57 bits per heavy atom. The van der Waals surface area contributed by atoms with E-state index >= 15 is 0 Å². The fraction of sp³-hybridized carbons (Fsp3) is 0. The molecule has 2 aromatic heterocycles. The largest absolute Gasteiger partial charge is 0.452 e. The van der Waals surface area contributed by atoms with E-state index in [0.29, 0.717) is 0 Å². The first kappa shape index (κ1) is 22.1. The summed E-state index contributed by atoms with van der Waals surface area (Å²) in [6, 6.07) is 47.9. The Morgan fingerprint density at radius 2 is 0.857 bits per heavy atom. The Labute approximate surface area is 240 Å². The molecule has 10 rings (SSSR count). The van der Waals surface area contributed by atoms with Crippen molar-refractivity contribution in [1.82, 2.24) is 0 Å². The molecule has 0 spiro atoms. The summed E-state index contributed by atoms with van der Waals surface area (Å²) in [7, 11) is 0. The van der Waals surface area contributed by atoms with Gasteiger partial charge in [-0.15, -0.1) is 0 Å². The van der Waals surface area contributed by atoms with Gasteiger partial charge in [0.1, 0.15) is 11.2 Å². The molecule has 2 heterocycles. The van der Waals surface area contributed by atoms with E-state index < -0.39 is 0 Å². The van der Waals surface area contributed by atoms with Crippen molar-refractivity contribution in [3.8, 4) is 22.3 Å². The maximum atomic E-state index is 6.55. The first-order valence-electron chi connectivity index (χ1n) is 14.3. The molecule has 0 fully saturated rings. The minimum atomic E-state index is 0.805. The van der Waals surface area contributed by atoms with E-state index in [2.05, 4.69) is 115 Å². The summed E-state index contributed by atoms with van der Waals surface area (Å²) < 4.78 is 12.8. The third-order valence-electron chi connectivity index (χ3n) is 9.05. The zero-order valence-corrected chi connectivity index (χ0v) is 22.5. The Morgan fingerprint density at radius 1 is 0.333 bits per heavy atom. The molecule has 2 nitrogen and oxygen atoms in total. The molecule has 0 amide bonds. The molecular formula is C40H22O2. The van der Waals surface area contributed by atoms with Crippen molar-refractivity contribution in [3.05, 3.63) is 133 Å². The first-order valence-corrected chi connectivity index (χ1v) is 14.3. The lowest BCUT2D eigenvalue weighted by atomic mass is 9.87. The number of hydrogen-bond donors (Lipinski definition) is 0. The van der Waals surface area contributed by atoms with Crippen LogP contribution in [0.3, 0.4) is 0 Å². The highest BCUT2D eigenvalue weighted by atomic mass is 16.4. The molecule has 0 aliphatic rings. The SMILES string of the molecule is c1ccc(-c2ccc3ccc4c(-c5ccc6c(c5)oc5c6ccc6c7ccccc7oc65)ccc5ccc2c3c54)cc1. The average Bonchev–Trinajstić information content (AvgIpc) is 3.62. The molecule has 42 heavy (non-hydrogen) atoms. The topological polar surface area (TPSA) is 26.3 Å². The van der Waals surface area contributed by atoms with Gasteiger partial charge in [-0.2, -0.15) is 0 Å². The average molecular weight is 535 g/mol. The van der Waals surface area contributed by atoms with Gasteiger partial charge in [-0.3, -0.25) is 0 Å². The van der Waals surface area contributed by atoms with Gasteiger partial charge in [0, 0.05) is 21.5 Å². The highest BCUT2D eigenvalue weighted by Gasteiger charge is 2.18. The van der Waals surface area contributed by atoms with E-state index in [0.717, 1.165) is 49.4 Å². The summed E-state index contributed by atoms with van der Waals surface area (Å²) in [4.78, 5) is 0. The van der Waals surface area contributed by atoms with Crippen molar-refractivity contribution in [1.29, 1.82) is 0 Å². The van der Waals surface area contributed by atoms with E-state index in [1.807, 2.05) is 18.2 Å². The summed E-state index contributed by atoms with van der Waals surface area (Å²) in [6.07, 6.45) is 0. The number of benzene rings is 8. The van der Waals surface area contributed by atoms with Crippen LogP contribution in [-0.4, -0.2) is 0 Å². The van der Waals surface area contributed by atoms with Gasteiger partial charge in [-0.1, -0.05) is 103 Å². The molecule has 194 valence electrons. The van der Waals surface area contributed by atoms with Gasteiger partial charge in [0.15, 0.2) is 11.2 Å². The van der Waals surface area contributed by atoms with Crippen LogP contribution in [0.4, 0.5) is 0 Å². The predicted molar refractivity (Wildman–Crippen MR) is 176 cm³/mol. The monoisotopic (exact) mass is 534 g/mol. The fourth-order valence-electron chi connectivity index (χ4n) is 7.11. The van der Waals surface area contributed by atoms with Crippen molar-refractivity contribution < 1.29 is 8.83 Å². The quantitative estimate of drug-likeness (QED) is 0.206. The lowest BCUT2D eigenvalue weighted by molar-refractivity contribution is 0.633. The highest BCUT2D eigenvalue weighted by molar-refractivity contribution is 6.28. The minimum Gasteiger partial charge on any atom is -0.452 e. The van der Waals surface area contributed by atoms with Crippen LogP contribution in [0, 0.1) is 0 Å². The zero-order valence-electron chi connectivity index (χ0n) is 22.5. The van der Waals surface area contributed by atoms with E-state index in [4.69, 9.17) is 8.83 Å². The third kappa shape index (κ3) is 2.88. The molecule has 0 aliphatic heterocycles. The summed E-state index contributed by atoms with van der Waals surface area (Å²) in [5.41, 5.74) is 8.22. The molecular weight excluding hydrogens is 512 g/mol.